The van der Waals surface area contributed by atoms with E-state index in [-0.39, 0.29) is 18.2 Å². The van der Waals surface area contributed by atoms with Crippen molar-refractivity contribution < 1.29 is 9.59 Å². The molecule has 1 aromatic heterocycles. The van der Waals surface area contributed by atoms with Gasteiger partial charge in [0.05, 0.1) is 12.1 Å². The molecule has 1 unspecified atom stereocenters. The number of carbonyl (C=O) groups is 2. The number of aromatic nitrogens is 1. The van der Waals surface area contributed by atoms with Crippen LogP contribution in [0.3, 0.4) is 0 Å². The number of hydrogen-bond acceptors (Lipinski definition) is 5. The second-order valence-corrected chi connectivity index (χ2v) is 11.7. The Hall–Kier alpha value is -3.62. The fourth-order valence-corrected chi connectivity index (χ4v) is 6.04. The maximum absolute atomic E-state index is 13.5. The molecule has 0 radical (unpaired) electrons. The van der Waals surface area contributed by atoms with Crippen LogP contribution in [0, 0.1) is 0 Å². The average molecular weight is 605 g/mol. The molecule has 2 amide bonds. The number of rotatable bonds is 9. The molecule has 0 aliphatic rings. The summed E-state index contributed by atoms with van der Waals surface area (Å²) in [5.41, 5.74) is 3.95. The van der Waals surface area contributed by atoms with Gasteiger partial charge in [0, 0.05) is 31.6 Å². The van der Waals surface area contributed by atoms with E-state index in [1.807, 2.05) is 96.4 Å². The van der Waals surface area contributed by atoms with Crippen LogP contribution in [0.15, 0.2) is 113 Å². The summed E-state index contributed by atoms with van der Waals surface area (Å²) in [6.07, 6.45) is 0.249. The SMILES string of the molecule is O=C(Cc1ccc(Cl)cc1)Nc1ccc(SC(C(=O)Nc2nc(-c3ccccc3Cl)cs2)c2ccccc2)cc1. The summed E-state index contributed by atoms with van der Waals surface area (Å²) in [6, 6.07) is 31.7. The minimum absolute atomic E-state index is 0.121. The first kappa shape index (κ1) is 27.9. The lowest BCUT2D eigenvalue weighted by Gasteiger charge is -2.16. The molecule has 5 rings (SSSR count). The van der Waals surface area contributed by atoms with Crippen LogP contribution in [0.5, 0.6) is 0 Å². The van der Waals surface area contributed by atoms with Crippen LogP contribution in [0.4, 0.5) is 10.8 Å². The fourth-order valence-electron chi connectivity index (χ4n) is 3.94. The first-order chi connectivity index (χ1) is 19.4. The fraction of sp³-hybridized carbons (Fsp3) is 0.0645. The van der Waals surface area contributed by atoms with Gasteiger partial charge in [0.2, 0.25) is 11.8 Å². The molecule has 2 N–H and O–H groups in total. The highest BCUT2D eigenvalue weighted by Crippen LogP contribution is 2.37. The average Bonchev–Trinajstić information content (AvgIpc) is 3.42. The number of nitrogens with zero attached hydrogens (tertiary/aromatic N) is 1. The van der Waals surface area contributed by atoms with Gasteiger partial charge in [-0.1, -0.05) is 83.9 Å². The van der Waals surface area contributed by atoms with Gasteiger partial charge in [-0.15, -0.1) is 23.1 Å². The predicted molar refractivity (Wildman–Crippen MR) is 166 cm³/mol. The summed E-state index contributed by atoms with van der Waals surface area (Å²) < 4.78 is 0. The molecule has 0 saturated heterocycles. The maximum atomic E-state index is 13.5. The monoisotopic (exact) mass is 603 g/mol. The Labute approximate surface area is 250 Å². The highest BCUT2D eigenvalue weighted by Gasteiger charge is 2.23. The maximum Gasteiger partial charge on any atom is 0.244 e. The molecule has 40 heavy (non-hydrogen) atoms. The van der Waals surface area contributed by atoms with Gasteiger partial charge in [0.15, 0.2) is 5.13 Å². The highest BCUT2D eigenvalue weighted by atomic mass is 35.5. The van der Waals surface area contributed by atoms with Crippen molar-refractivity contribution in [2.24, 2.45) is 0 Å². The van der Waals surface area contributed by atoms with Gasteiger partial charge >= 0.3 is 0 Å². The van der Waals surface area contributed by atoms with Crippen LogP contribution in [-0.2, 0) is 16.0 Å². The highest BCUT2D eigenvalue weighted by molar-refractivity contribution is 8.00. The Morgan fingerprint density at radius 1 is 0.825 bits per heavy atom. The minimum atomic E-state index is -0.515. The zero-order valence-electron chi connectivity index (χ0n) is 21.0. The molecule has 0 aliphatic heterocycles. The van der Waals surface area contributed by atoms with Crippen LogP contribution >= 0.6 is 46.3 Å². The van der Waals surface area contributed by atoms with Crippen molar-refractivity contribution >= 4 is 68.9 Å². The number of anilines is 2. The van der Waals surface area contributed by atoms with Crippen molar-refractivity contribution in [1.82, 2.24) is 4.98 Å². The molecule has 0 bridgehead atoms. The number of hydrogen-bond donors (Lipinski definition) is 2. The Balaban J connectivity index is 1.26. The minimum Gasteiger partial charge on any atom is -0.326 e. The van der Waals surface area contributed by atoms with Gasteiger partial charge in [-0.05, 0) is 53.6 Å². The number of nitrogens with one attached hydrogen (secondary N) is 2. The van der Waals surface area contributed by atoms with Gasteiger partial charge < -0.3 is 10.6 Å². The van der Waals surface area contributed by atoms with Crippen molar-refractivity contribution in [2.75, 3.05) is 10.6 Å². The Morgan fingerprint density at radius 3 is 2.25 bits per heavy atom. The van der Waals surface area contributed by atoms with Crippen LogP contribution in [0.1, 0.15) is 16.4 Å². The summed E-state index contributed by atoms with van der Waals surface area (Å²) in [6.45, 7) is 0. The number of carbonyl (C=O) groups excluding carboxylic acids is 2. The number of thioether (sulfide) groups is 1. The molecular formula is C31H23Cl2N3O2S2. The third-order valence-electron chi connectivity index (χ3n) is 5.89. The van der Waals surface area contributed by atoms with E-state index in [0.717, 1.165) is 21.6 Å². The van der Waals surface area contributed by atoms with Crippen molar-refractivity contribution in [3.8, 4) is 11.3 Å². The first-order valence-corrected chi connectivity index (χ1v) is 14.8. The predicted octanol–water partition coefficient (Wildman–Crippen LogP) is 8.77. The van der Waals surface area contributed by atoms with Crippen molar-refractivity contribution in [3.63, 3.8) is 0 Å². The summed E-state index contributed by atoms with van der Waals surface area (Å²) in [5, 5.41) is 8.99. The summed E-state index contributed by atoms with van der Waals surface area (Å²) >= 11 is 15.0. The molecule has 5 aromatic rings. The van der Waals surface area contributed by atoms with E-state index in [2.05, 4.69) is 15.6 Å². The topological polar surface area (TPSA) is 71.1 Å². The normalized spacial score (nSPS) is 11.6. The zero-order chi connectivity index (χ0) is 27.9. The van der Waals surface area contributed by atoms with Gasteiger partial charge in [-0.2, -0.15) is 0 Å². The van der Waals surface area contributed by atoms with Gasteiger partial charge in [-0.3, -0.25) is 9.59 Å². The number of benzene rings is 4. The second kappa shape index (κ2) is 13.2. The van der Waals surface area contributed by atoms with Gasteiger partial charge in [0.1, 0.15) is 5.25 Å². The van der Waals surface area contributed by atoms with E-state index in [4.69, 9.17) is 23.2 Å². The van der Waals surface area contributed by atoms with E-state index in [0.29, 0.717) is 26.6 Å². The molecule has 0 spiro atoms. The lowest BCUT2D eigenvalue weighted by atomic mass is 10.1. The van der Waals surface area contributed by atoms with Crippen LogP contribution in [-0.4, -0.2) is 16.8 Å². The summed E-state index contributed by atoms with van der Waals surface area (Å²) in [4.78, 5) is 31.4. The zero-order valence-corrected chi connectivity index (χ0v) is 24.2. The third kappa shape index (κ3) is 7.31. The quantitative estimate of drug-likeness (QED) is 0.165. The third-order valence-corrected chi connectivity index (χ3v) is 8.50. The van der Waals surface area contributed by atoms with E-state index in [1.54, 1.807) is 12.1 Å². The molecule has 0 fully saturated rings. The van der Waals surface area contributed by atoms with E-state index >= 15 is 0 Å². The summed E-state index contributed by atoms with van der Waals surface area (Å²) in [7, 11) is 0. The standard InChI is InChI=1S/C31H23Cl2N3O2S2/c32-22-12-10-20(11-13-22)18-28(37)34-23-14-16-24(17-15-23)40-29(21-6-2-1-3-7-21)30(38)36-31-35-27(19-39-31)25-8-4-5-9-26(25)33/h1-17,19,29H,18H2,(H,34,37)(H,35,36,38). The van der Waals surface area contributed by atoms with Crippen molar-refractivity contribution in [2.45, 2.75) is 16.6 Å². The smallest absolute Gasteiger partial charge is 0.244 e. The second-order valence-electron chi connectivity index (χ2n) is 8.79. The molecule has 5 nitrogen and oxygen atoms in total. The molecule has 9 heteroatoms. The Morgan fingerprint density at radius 2 is 1.52 bits per heavy atom. The van der Waals surface area contributed by atoms with E-state index < -0.39 is 5.25 Å². The Kier molecular flexibility index (Phi) is 9.19. The van der Waals surface area contributed by atoms with Crippen molar-refractivity contribution in [3.05, 3.63) is 130 Å². The molecule has 1 heterocycles. The molecule has 4 aromatic carbocycles. The van der Waals surface area contributed by atoms with Gasteiger partial charge in [0.25, 0.3) is 0 Å². The van der Waals surface area contributed by atoms with E-state index in [9.17, 15) is 9.59 Å². The molecule has 200 valence electrons. The summed E-state index contributed by atoms with van der Waals surface area (Å²) in [5.74, 6) is -0.305. The number of thiazole rings is 1. The molecular weight excluding hydrogens is 581 g/mol. The lowest BCUT2D eigenvalue weighted by Crippen LogP contribution is -2.19. The molecule has 0 saturated carbocycles. The lowest BCUT2D eigenvalue weighted by molar-refractivity contribution is -0.116. The van der Waals surface area contributed by atoms with Crippen LogP contribution in [0.25, 0.3) is 11.3 Å². The Bertz CT molecular complexity index is 1610. The molecule has 1 atom stereocenters. The first-order valence-electron chi connectivity index (χ1n) is 12.3. The van der Waals surface area contributed by atoms with E-state index in [1.165, 1.54) is 23.1 Å². The number of amides is 2. The number of halogens is 2. The molecule has 0 aliphatic carbocycles. The largest absolute Gasteiger partial charge is 0.326 e. The van der Waals surface area contributed by atoms with Crippen LogP contribution in [0.2, 0.25) is 10.0 Å². The van der Waals surface area contributed by atoms with Crippen molar-refractivity contribution in [1.29, 1.82) is 0 Å². The van der Waals surface area contributed by atoms with Gasteiger partial charge in [-0.25, -0.2) is 4.98 Å². The van der Waals surface area contributed by atoms with Crippen LogP contribution < -0.4 is 10.6 Å².